The van der Waals surface area contributed by atoms with Crippen molar-refractivity contribution in [2.75, 3.05) is 18.4 Å². The molecule has 7 nitrogen and oxygen atoms in total. The first kappa shape index (κ1) is 21.1. The number of rotatable bonds is 5. The zero-order valence-corrected chi connectivity index (χ0v) is 17.2. The number of anilines is 1. The summed E-state index contributed by atoms with van der Waals surface area (Å²) in [5.41, 5.74) is 1.26. The normalized spacial score (nSPS) is 20.0. The third-order valence-electron chi connectivity index (χ3n) is 5.73. The van der Waals surface area contributed by atoms with Crippen molar-refractivity contribution < 1.29 is 14.4 Å². The molecule has 1 aliphatic heterocycles. The van der Waals surface area contributed by atoms with E-state index in [1.54, 1.807) is 29.2 Å². The fourth-order valence-corrected chi connectivity index (χ4v) is 4.03. The summed E-state index contributed by atoms with van der Waals surface area (Å²) in [5.74, 6) is -0.0420. The second-order valence-corrected chi connectivity index (χ2v) is 8.02. The molecule has 1 aliphatic carbocycles. The molecule has 7 heteroatoms. The number of likely N-dealkylation sites (tertiary alicyclic amines) is 1. The van der Waals surface area contributed by atoms with Crippen LogP contribution in [-0.2, 0) is 4.79 Å². The molecule has 2 fully saturated rings. The Kier molecular flexibility index (Phi) is 7.49. The minimum atomic E-state index is -0.181. The second kappa shape index (κ2) is 10.3. The van der Waals surface area contributed by atoms with Gasteiger partial charge in [-0.05, 0) is 49.9 Å². The molecule has 4 amide bonds. The standard InChI is InChI=1S/C22H32N4O3/c1-2-20(27)23-19-9-6-14-26(15-19)22(29)25-18-12-10-16(11-13-18)21(28)24-17-7-4-3-5-8-17/h10-13,17,19H,2-9,14-15H2,1H3,(H,23,27)(H,24,28)(H,25,29). The van der Waals surface area contributed by atoms with Crippen molar-refractivity contribution in [3.05, 3.63) is 29.8 Å². The summed E-state index contributed by atoms with van der Waals surface area (Å²) in [6.07, 6.45) is 7.91. The van der Waals surface area contributed by atoms with Gasteiger partial charge in [0.2, 0.25) is 5.91 Å². The molecule has 0 radical (unpaired) electrons. The molecule has 158 valence electrons. The molecule has 0 aromatic heterocycles. The fraction of sp³-hybridized carbons (Fsp3) is 0.591. The van der Waals surface area contributed by atoms with Crippen LogP contribution in [0.1, 0.15) is 68.6 Å². The molecule has 1 heterocycles. The molecule has 29 heavy (non-hydrogen) atoms. The summed E-state index contributed by atoms with van der Waals surface area (Å²) in [5, 5.41) is 8.96. The van der Waals surface area contributed by atoms with E-state index in [1.165, 1.54) is 19.3 Å². The predicted octanol–water partition coefficient (Wildman–Crippen LogP) is 3.27. The van der Waals surface area contributed by atoms with Crippen molar-refractivity contribution in [1.82, 2.24) is 15.5 Å². The number of urea groups is 1. The molecule has 3 N–H and O–H groups in total. The van der Waals surface area contributed by atoms with Crippen LogP contribution >= 0.6 is 0 Å². The average Bonchev–Trinajstić information content (AvgIpc) is 2.75. The van der Waals surface area contributed by atoms with Gasteiger partial charge in [-0.2, -0.15) is 0 Å². The number of hydrogen-bond acceptors (Lipinski definition) is 3. The molecular formula is C22H32N4O3. The predicted molar refractivity (Wildman–Crippen MR) is 113 cm³/mol. The van der Waals surface area contributed by atoms with Gasteiger partial charge >= 0.3 is 6.03 Å². The number of hydrogen-bond donors (Lipinski definition) is 3. The van der Waals surface area contributed by atoms with Gasteiger partial charge in [-0.1, -0.05) is 26.2 Å². The third-order valence-corrected chi connectivity index (χ3v) is 5.73. The number of benzene rings is 1. The smallest absolute Gasteiger partial charge is 0.321 e. The SMILES string of the molecule is CCC(=O)NC1CCCN(C(=O)Nc2ccc(C(=O)NC3CCCCC3)cc2)C1. The van der Waals surface area contributed by atoms with Crippen LogP contribution in [0.3, 0.4) is 0 Å². The van der Waals surface area contributed by atoms with E-state index < -0.39 is 0 Å². The highest BCUT2D eigenvalue weighted by molar-refractivity contribution is 5.95. The molecule has 0 bridgehead atoms. The topological polar surface area (TPSA) is 90.5 Å². The van der Waals surface area contributed by atoms with E-state index in [4.69, 9.17) is 0 Å². The van der Waals surface area contributed by atoms with Gasteiger partial charge in [0.1, 0.15) is 0 Å². The zero-order chi connectivity index (χ0) is 20.6. The van der Waals surface area contributed by atoms with Crippen LogP contribution in [0.5, 0.6) is 0 Å². The first-order valence-corrected chi connectivity index (χ1v) is 10.8. The molecule has 1 saturated heterocycles. The molecule has 3 rings (SSSR count). The highest BCUT2D eigenvalue weighted by Crippen LogP contribution is 2.18. The van der Waals surface area contributed by atoms with Crippen LogP contribution < -0.4 is 16.0 Å². The molecule has 0 spiro atoms. The van der Waals surface area contributed by atoms with Gasteiger partial charge in [-0.25, -0.2) is 4.79 Å². The Balaban J connectivity index is 1.50. The Morgan fingerprint density at radius 1 is 0.931 bits per heavy atom. The first-order chi connectivity index (χ1) is 14.0. The van der Waals surface area contributed by atoms with E-state index in [2.05, 4.69) is 16.0 Å². The van der Waals surface area contributed by atoms with Crippen molar-refractivity contribution in [1.29, 1.82) is 0 Å². The Bertz CT molecular complexity index is 713. The van der Waals surface area contributed by atoms with Crippen LogP contribution in [0, 0.1) is 0 Å². The summed E-state index contributed by atoms with van der Waals surface area (Å²) < 4.78 is 0. The van der Waals surface area contributed by atoms with Crippen LogP contribution in [0.25, 0.3) is 0 Å². The number of nitrogens with zero attached hydrogens (tertiary/aromatic N) is 1. The lowest BCUT2D eigenvalue weighted by Crippen LogP contribution is -2.50. The molecule has 1 unspecified atom stereocenters. The van der Waals surface area contributed by atoms with E-state index in [1.807, 2.05) is 6.92 Å². The van der Waals surface area contributed by atoms with Crippen molar-refractivity contribution in [3.8, 4) is 0 Å². The Hall–Kier alpha value is -2.57. The lowest BCUT2D eigenvalue weighted by molar-refractivity contribution is -0.121. The number of amides is 4. The highest BCUT2D eigenvalue weighted by Gasteiger charge is 2.24. The Morgan fingerprint density at radius 3 is 2.31 bits per heavy atom. The van der Waals surface area contributed by atoms with Gasteiger partial charge in [-0.15, -0.1) is 0 Å². The quantitative estimate of drug-likeness (QED) is 0.708. The van der Waals surface area contributed by atoms with E-state index in [-0.39, 0.29) is 29.9 Å². The molecule has 1 saturated carbocycles. The minimum absolute atomic E-state index is 0.00723. The number of carbonyl (C=O) groups is 3. The van der Waals surface area contributed by atoms with Crippen LogP contribution in [0.2, 0.25) is 0 Å². The molecule has 1 aromatic carbocycles. The van der Waals surface area contributed by atoms with E-state index >= 15 is 0 Å². The Labute approximate surface area is 172 Å². The summed E-state index contributed by atoms with van der Waals surface area (Å²) in [7, 11) is 0. The summed E-state index contributed by atoms with van der Waals surface area (Å²) in [6.45, 7) is 3.01. The van der Waals surface area contributed by atoms with Gasteiger partial charge in [0.25, 0.3) is 5.91 Å². The first-order valence-electron chi connectivity index (χ1n) is 10.8. The maximum atomic E-state index is 12.6. The van der Waals surface area contributed by atoms with Crippen molar-refractivity contribution in [3.63, 3.8) is 0 Å². The van der Waals surface area contributed by atoms with Gasteiger partial charge in [-0.3, -0.25) is 9.59 Å². The van der Waals surface area contributed by atoms with Gasteiger partial charge < -0.3 is 20.9 Å². The summed E-state index contributed by atoms with van der Waals surface area (Å²) in [6, 6.07) is 7.10. The third kappa shape index (κ3) is 6.21. The average molecular weight is 401 g/mol. The summed E-state index contributed by atoms with van der Waals surface area (Å²) >= 11 is 0. The monoisotopic (exact) mass is 400 g/mol. The molecular weight excluding hydrogens is 368 g/mol. The van der Waals surface area contributed by atoms with Crippen molar-refractivity contribution >= 4 is 23.5 Å². The van der Waals surface area contributed by atoms with Crippen LogP contribution in [-0.4, -0.2) is 47.9 Å². The second-order valence-electron chi connectivity index (χ2n) is 8.02. The minimum Gasteiger partial charge on any atom is -0.352 e. The van der Waals surface area contributed by atoms with E-state index in [9.17, 15) is 14.4 Å². The van der Waals surface area contributed by atoms with E-state index in [0.717, 1.165) is 25.7 Å². The zero-order valence-electron chi connectivity index (χ0n) is 17.2. The van der Waals surface area contributed by atoms with Crippen molar-refractivity contribution in [2.24, 2.45) is 0 Å². The maximum absolute atomic E-state index is 12.6. The largest absolute Gasteiger partial charge is 0.352 e. The van der Waals surface area contributed by atoms with Crippen LogP contribution in [0.15, 0.2) is 24.3 Å². The van der Waals surface area contributed by atoms with Gasteiger partial charge in [0.05, 0.1) is 0 Å². The maximum Gasteiger partial charge on any atom is 0.321 e. The lowest BCUT2D eigenvalue weighted by Gasteiger charge is -2.33. The fourth-order valence-electron chi connectivity index (χ4n) is 4.03. The molecule has 1 atom stereocenters. The van der Waals surface area contributed by atoms with Crippen LogP contribution in [0.4, 0.5) is 10.5 Å². The van der Waals surface area contributed by atoms with Crippen molar-refractivity contribution in [2.45, 2.75) is 70.4 Å². The molecule has 1 aromatic rings. The molecule has 2 aliphatic rings. The lowest BCUT2D eigenvalue weighted by atomic mass is 9.95. The van der Waals surface area contributed by atoms with Gasteiger partial charge in [0, 0.05) is 42.8 Å². The number of carbonyl (C=O) groups excluding carboxylic acids is 3. The Morgan fingerprint density at radius 2 is 1.62 bits per heavy atom. The number of nitrogens with one attached hydrogen (secondary N) is 3. The highest BCUT2D eigenvalue weighted by atomic mass is 16.2. The summed E-state index contributed by atoms with van der Waals surface area (Å²) in [4.78, 5) is 38.3. The van der Waals surface area contributed by atoms with E-state index in [0.29, 0.717) is 30.8 Å². The van der Waals surface area contributed by atoms with Gasteiger partial charge in [0.15, 0.2) is 0 Å². The number of piperidine rings is 1.